The van der Waals surface area contributed by atoms with Crippen LogP contribution in [-0.2, 0) is 0 Å². The van der Waals surface area contributed by atoms with Crippen LogP contribution in [0.15, 0.2) is 83.5 Å². The maximum Gasteiger partial charge on any atom is 0.112 e. The highest BCUT2D eigenvalue weighted by Crippen LogP contribution is 2.22. The Balaban J connectivity index is 2.44. The van der Waals surface area contributed by atoms with E-state index in [1.807, 2.05) is 67.6 Å². The molecule has 0 saturated heterocycles. The molecule has 0 amide bonds. The Labute approximate surface area is 120 Å². The highest BCUT2D eigenvalue weighted by Gasteiger charge is 2.01. The average Bonchev–Trinajstić information content (AvgIpc) is 2.53. The number of hydrogen-bond donors (Lipinski definition) is 0. The van der Waals surface area contributed by atoms with Gasteiger partial charge >= 0.3 is 0 Å². The maximum absolute atomic E-state index is 4.13. The summed E-state index contributed by atoms with van der Waals surface area (Å²) < 4.78 is 0. The van der Waals surface area contributed by atoms with Crippen molar-refractivity contribution in [1.29, 1.82) is 0 Å². The van der Waals surface area contributed by atoms with E-state index in [4.69, 9.17) is 0 Å². The normalized spacial score (nSPS) is 9.45. The van der Waals surface area contributed by atoms with E-state index in [-0.39, 0.29) is 0 Å². The number of allylic oxidation sites excluding steroid dienone is 2. The molecule has 1 nitrogen and oxygen atoms in total. The molecule has 0 aliphatic rings. The first kappa shape index (κ1) is 13.8. The van der Waals surface area contributed by atoms with Gasteiger partial charge in [0.25, 0.3) is 0 Å². The summed E-state index contributed by atoms with van der Waals surface area (Å²) in [5, 5.41) is 0. The lowest BCUT2D eigenvalue weighted by molar-refractivity contribution is 1.48. The van der Waals surface area contributed by atoms with Gasteiger partial charge in [-0.05, 0) is 24.8 Å². The highest BCUT2D eigenvalue weighted by molar-refractivity contribution is 5.79. The van der Waals surface area contributed by atoms with E-state index in [0.717, 1.165) is 28.0 Å². The van der Waals surface area contributed by atoms with Crippen molar-refractivity contribution in [2.45, 2.75) is 6.92 Å². The number of benzene rings is 2. The van der Waals surface area contributed by atoms with Crippen LogP contribution in [0.4, 0.5) is 0 Å². The third-order valence-electron chi connectivity index (χ3n) is 3.09. The molecule has 1 heteroatoms. The topological polar surface area (TPSA) is 12.4 Å². The fourth-order valence-electron chi connectivity index (χ4n) is 1.91. The molecule has 0 N–H and O–H groups in total. The minimum absolute atomic E-state index is 0.736. The Morgan fingerprint density at radius 1 is 0.900 bits per heavy atom. The summed E-state index contributed by atoms with van der Waals surface area (Å²) in [4.78, 5) is 4.07. The second-order valence-electron chi connectivity index (χ2n) is 4.47. The lowest BCUT2D eigenvalue weighted by Gasteiger charge is -2.04. The molecule has 0 aliphatic heterocycles. The van der Waals surface area contributed by atoms with Crippen LogP contribution in [0.2, 0.25) is 0 Å². The SMILES string of the molecule is C=NC(=C=C(C)C(=C)c1ccccc1)c1ccccc1. The molecule has 0 aromatic heterocycles. The zero-order valence-corrected chi connectivity index (χ0v) is 11.6. The Morgan fingerprint density at radius 2 is 1.40 bits per heavy atom. The Bertz CT molecular complexity index is 672. The minimum Gasteiger partial charge on any atom is -0.256 e. The van der Waals surface area contributed by atoms with Gasteiger partial charge in [-0.2, -0.15) is 0 Å². The van der Waals surface area contributed by atoms with Crippen LogP contribution in [0.1, 0.15) is 18.1 Å². The first-order chi connectivity index (χ1) is 9.72. The molecule has 0 saturated carbocycles. The Morgan fingerprint density at radius 3 is 1.90 bits per heavy atom. The molecule has 2 aromatic rings. The number of nitrogens with zero attached hydrogens (tertiary/aromatic N) is 1. The van der Waals surface area contributed by atoms with Gasteiger partial charge in [-0.25, -0.2) is 0 Å². The number of aliphatic imine (C=N–C) groups is 1. The van der Waals surface area contributed by atoms with Crippen molar-refractivity contribution >= 4 is 18.0 Å². The van der Waals surface area contributed by atoms with Gasteiger partial charge in [0.2, 0.25) is 0 Å². The molecule has 20 heavy (non-hydrogen) atoms. The lowest BCUT2D eigenvalue weighted by Crippen LogP contribution is -1.84. The molecule has 2 aromatic carbocycles. The highest BCUT2D eigenvalue weighted by atomic mass is 14.7. The van der Waals surface area contributed by atoms with Crippen molar-refractivity contribution in [1.82, 2.24) is 0 Å². The zero-order chi connectivity index (χ0) is 14.4. The lowest BCUT2D eigenvalue weighted by atomic mass is 10.0. The van der Waals surface area contributed by atoms with E-state index in [9.17, 15) is 0 Å². The summed E-state index contributed by atoms with van der Waals surface area (Å²) in [6.07, 6.45) is 0. The zero-order valence-electron chi connectivity index (χ0n) is 11.6. The van der Waals surface area contributed by atoms with E-state index in [2.05, 4.69) is 24.0 Å². The molecular weight excluding hydrogens is 242 g/mol. The van der Waals surface area contributed by atoms with Crippen molar-refractivity contribution in [2.75, 3.05) is 0 Å². The van der Waals surface area contributed by atoms with Gasteiger partial charge < -0.3 is 0 Å². The van der Waals surface area contributed by atoms with Crippen LogP contribution in [-0.4, -0.2) is 6.72 Å². The predicted molar refractivity (Wildman–Crippen MR) is 87.6 cm³/mol. The van der Waals surface area contributed by atoms with E-state index < -0.39 is 0 Å². The largest absolute Gasteiger partial charge is 0.256 e. The van der Waals surface area contributed by atoms with Crippen molar-refractivity contribution in [3.05, 3.63) is 89.7 Å². The van der Waals surface area contributed by atoms with E-state index in [1.165, 1.54) is 0 Å². The van der Waals surface area contributed by atoms with Gasteiger partial charge in [0.15, 0.2) is 0 Å². The van der Waals surface area contributed by atoms with Crippen molar-refractivity contribution in [3.63, 3.8) is 0 Å². The monoisotopic (exact) mass is 259 g/mol. The van der Waals surface area contributed by atoms with Crippen molar-refractivity contribution < 1.29 is 0 Å². The van der Waals surface area contributed by atoms with Gasteiger partial charge in [0.1, 0.15) is 5.70 Å². The fourth-order valence-corrected chi connectivity index (χ4v) is 1.91. The quantitative estimate of drug-likeness (QED) is 0.417. The number of hydrogen-bond acceptors (Lipinski definition) is 1. The summed E-state index contributed by atoms with van der Waals surface area (Å²) in [5.41, 5.74) is 8.02. The van der Waals surface area contributed by atoms with E-state index in [1.54, 1.807) is 0 Å². The molecule has 98 valence electrons. The molecule has 0 radical (unpaired) electrons. The summed E-state index contributed by atoms with van der Waals surface area (Å²) in [6, 6.07) is 20.0. The molecule has 0 unspecified atom stereocenters. The summed E-state index contributed by atoms with van der Waals surface area (Å²) >= 11 is 0. The van der Waals surface area contributed by atoms with Gasteiger partial charge in [-0.3, -0.25) is 4.99 Å². The van der Waals surface area contributed by atoms with Crippen LogP contribution in [0.25, 0.3) is 11.3 Å². The molecule has 2 rings (SSSR count). The van der Waals surface area contributed by atoms with Crippen LogP contribution < -0.4 is 0 Å². The second-order valence-corrected chi connectivity index (χ2v) is 4.47. The van der Waals surface area contributed by atoms with E-state index >= 15 is 0 Å². The van der Waals surface area contributed by atoms with Crippen molar-refractivity contribution in [2.24, 2.45) is 4.99 Å². The van der Waals surface area contributed by atoms with Crippen LogP contribution in [0.3, 0.4) is 0 Å². The first-order valence-electron chi connectivity index (χ1n) is 6.46. The molecule has 0 atom stereocenters. The Kier molecular flexibility index (Phi) is 4.49. The average molecular weight is 259 g/mol. The van der Waals surface area contributed by atoms with E-state index in [0.29, 0.717) is 0 Å². The van der Waals surface area contributed by atoms with Gasteiger partial charge in [0.05, 0.1) is 0 Å². The third kappa shape index (κ3) is 3.23. The smallest absolute Gasteiger partial charge is 0.112 e. The van der Waals surface area contributed by atoms with Gasteiger partial charge in [-0.1, -0.05) is 73.0 Å². The second kappa shape index (κ2) is 6.51. The molecule has 0 aliphatic carbocycles. The van der Waals surface area contributed by atoms with Gasteiger partial charge in [-0.15, -0.1) is 0 Å². The molecular formula is C19H17N. The minimum atomic E-state index is 0.736. The third-order valence-corrected chi connectivity index (χ3v) is 3.09. The summed E-state index contributed by atoms with van der Waals surface area (Å²) in [5.74, 6) is 0. The number of rotatable bonds is 4. The molecule has 0 fully saturated rings. The molecule has 0 bridgehead atoms. The summed E-state index contributed by atoms with van der Waals surface area (Å²) in [6.45, 7) is 9.75. The van der Waals surface area contributed by atoms with Crippen LogP contribution >= 0.6 is 0 Å². The molecule has 0 spiro atoms. The predicted octanol–water partition coefficient (Wildman–Crippen LogP) is 4.99. The van der Waals surface area contributed by atoms with Gasteiger partial charge in [0, 0.05) is 11.1 Å². The van der Waals surface area contributed by atoms with Crippen LogP contribution in [0, 0.1) is 0 Å². The summed E-state index contributed by atoms with van der Waals surface area (Å²) in [7, 11) is 0. The molecule has 0 heterocycles. The standard InChI is InChI=1S/C19H17N/c1-15(16(2)17-10-6-4-7-11-17)14-19(20-3)18-12-8-5-9-13-18/h4-13H,2-3H2,1H3. The maximum atomic E-state index is 4.13. The van der Waals surface area contributed by atoms with Crippen LogP contribution in [0.5, 0.6) is 0 Å². The fraction of sp³-hybridized carbons (Fsp3) is 0.0526. The first-order valence-corrected chi connectivity index (χ1v) is 6.46. The Hall–Kier alpha value is -2.63. The van der Waals surface area contributed by atoms with Crippen molar-refractivity contribution in [3.8, 4) is 0 Å².